The van der Waals surface area contributed by atoms with E-state index in [9.17, 15) is 0 Å². The Morgan fingerprint density at radius 3 is 2.55 bits per heavy atom. The predicted molar refractivity (Wildman–Crippen MR) is 135 cm³/mol. The van der Waals surface area contributed by atoms with Crippen LogP contribution in [0.2, 0.25) is 0 Å². The Labute approximate surface area is 220 Å². The zero-order valence-corrected chi connectivity index (χ0v) is 20.6. The number of tetrazole rings is 1. The zero-order chi connectivity index (χ0) is 25.4. The molecule has 0 fully saturated rings. The number of aliphatic imine (C=N–C) groups is 1. The van der Waals surface area contributed by atoms with Crippen LogP contribution in [0.4, 0.5) is 5.82 Å². The first-order chi connectivity index (χ1) is 18.9. The summed E-state index contributed by atoms with van der Waals surface area (Å²) in [7, 11) is 0. The number of aromatic nitrogens is 13. The third kappa shape index (κ3) is 3.40. The number of nitrogens with one attached hydrogen (secondary N) is 2. The second kappa shape index (κ2) is 9.05. The lowest BCUT2D eigenvalue weighted by molar-refractivity contribution is 0.510. The molecule has 184 valence electrons. The number of rotatable bonds is 6. The van der Waals surface area contributed by atoms with Crippen molar-refractivity contribution in [1.29, 1.82) is 0 Å². The van der Waals surface area contributed by atoms with Crippen molar-refractivity contribution in [3.8, 4) is 0 Å². The van der Waals surface area contributed by atoms with Crippen LogP contribution in [0, 0.1) is 0 Å². The van der Waals surface area contributed by atoms with E-state index in [-0.39, 0.29) is 5.82 Å². The monoisotopic (exact) mass is 539 g/mol. The number of anilines is 1. The van der Waals surface area contributed by atoms with Gasteiger partial charge in [-0.15, -0.1) is 20.4 Å². The SMILES string of the molecule is c1ccc(C2=NC(c3cccnn3)(c3ccsn3)N(c3cn[nH]n3)C(c3nn[nH]n3)=C2c2csnn2)nc1. The third-order valence-corrected chi connectivity index (χ3v) is 6.80. The first kappa shape index (κ1) is 22.1. The Morgan fingerprint density at radius 2 is 1.87 bits per heavy atom. The van der Waals surface area contributed by atoms with Crippen LogP contribution in [0.1, 0.15) is 28.6 Å². The number of hydrogen-bond donors (Lipinski definition) is 2. The number of hydrogen-bond acceptors (Lipinski definition) is 15. The summed E-state index contributed by atoms with van der Waals surface area (Å²) in [5.41, 5.74) is 2.27. The molecule has 38 heavy (non-hydrogen) atoms. The minimum absolute atomic E-state index is 0.253. The van der Waals surface area contributed by atoms with Gasteiger partial charge >= 0.3 is 0 Å². The van der Waals surface area contributed by atoms with Crippen LogP contribution >= 0.6 is 23.1 Å². The molecule has 0 aliphatic carbocycles. The van der Waals surface area contributed by atoms with E-state index in [1.54, 1.807) is 24.7 Å². The molecule has 0 spiro atoms. The van der Waals surface area contributed by atoms with E-state index in [1.807, 2.05) is 46.0 Å². The van der Waals surface area contributed by atoms with Crippen molar-refractivity contribution in [2.75, 3.05) is 4.90 Å². The molecule has 0 aromatic carbocycles. The summed E-state index contributed by atoms with van der Waals surface area (Å²) in [5, 5.41) is 43.0. The van der Waals surface area contributed by atoms with Crippen LogP contribution < -0.4 is 4.90 Å². The van der Waals surface area contributed by atoms with E-state index in [0.29, 0.717) is 45.6 Å². The van der Waals surface area contributed by atoms with E-state index in [1.165, 1.54) is 23.1 Å². The number of pyridine rings is 1. The average molecular weight is 540 g/mol. The normalized spacial score (nSPS) is 17.6. The number of allylic oxidation sites excluding steroid dienone is 1. The first-order valence-corrected chi connectivity index (χ1v) is 12.7. The maximum atomic E-state index is 5.36. The largest absolute Gasteiger partial charge is 0.283 e. The fourth-order valence-electron chi connectivity index (χ4n) is 4.27. The summed E-state index contributed by atoms with van der Waals surface area (Å²) in [6, 6.07) is 11.1. The lowest BCUT2D eigenvalue weighted by Crippen LogP contribution is -2.50. The topological polar surface area (TPSA) is 189 Å². The van der Waals surface area contributed by atoms with Gasteiger partial charge in [-0.2, -0.15) is 30.1 Å². The molecular formula is C21H13N15S2. The lowest BCUT2D eigenvalue weighted by Gasteiger charge is -2.43. The van der Waals surface area contributed by atoms with Gasteiger partial charge in [-0.1, -0.05) is 10.6 Å². The van der Waals surface area contributed by atoms with Crippen molar-refractivity contribution in [2.45, 2.75) is 5.66 Å². The standard InChI is InChI=1S/C21H13N15S2/c1-2-7-22-12(4-1)18-17(13-11-38-35-26-13)19(20-29-33-34-30-20)36(16-10-24-32-28-16)21(25-18,15-6-9-37-31-15)14-5-3-8-23-27-14/h1-11H,(H,24,28,32)(H,29,30,33,34). The maximum Gasteiger partial charge on any atom is 0.227 e. The number of H-pyrrole nitrogens is 2. The molecule has 2 N–H and O–H groups in total. The van der Waals surface area contributed by atoms with Crippen molar-refractivity contribution >= 4 is 45.9 Å². The van der Waals surface area contributed by atoms with Crippen LogP contribution in [-0.4, -0.2) is 70.9 Å². The average Bonchev–Trinajstić information content (AvgIpc) is 3.80. The molecule has 0 bridgehead atoms. The van der Waals surface area contributed by atoms with Gasteiger partial charge in [0, 0.05) is 23.2 Å². The summed E-state index contributed by atoms with van der Waals surface area (Å²) >= 11 is 2.48. The van der Waals surface area contributed by atoms with E-state index >= 15 is 0 Å². The smallest absolute Gasteiger partial charge is 0.227 e. The van der Waals surface area contributed by atoms with E-state index in [4.69, 9.17) is 9.37 Å². The molecule has 1 unspecified atom stereocenters. The van der Waals surface area contributed by atoms with Gasteiger partial charge < -0.3 is 0 Å². The van der Waals surface area contributed by atoms with Crippen molar-refractivity contribution in [3.63, 3.8) is 0 Å². The zero-order valence-electron chi connectivity index (χ0n) is 19.0. The Kier molecular flexibility index (Phi) is 5.26. The summed E-state index contributed by atoms with van der Waals surface area (Å²) in [4.78, 5) is 11.8. The van der Waals surface area contributed by atoms with Crippen molar-refractivity contribution in [1.82, 2.24) is 65.2 Å². The molecule has 7 rings (SSSR count). The van der Waals surface area contributed by atoms with Gasteiger partial charge in [-0.25, -0.2) is 4.99 Å². The number of aromatic amines is 2. The van der Waals surface area contributed by atoms with Crippen molar-refractivity contribution < 1.29 is 0 Å². The lowest BCUT2D eigenvalue weighted by atomic mass is 9.90. The molecule has 1 aliphatic rings. The molecule has 7 heterocycles. The van der Waals surface area contributed by atoms with Crippen LogP contribution in [0.15, 0.2) is 70.7 Å². The van der Waals surface area contributed by atoms with Gasteiger partial charge in [0.05, 0.1) is 23.2 Å². The highest BCUT2D eigenvalue weighted by Crippen LogP contribution is 2.49. The molecule has 17 heteroatoms. The Hall–Kier alpha value is -5.16. The number of nitrogens with zero attached hydrogens (tertiary/aromatic N) is 13. The van der Waals surface area contributed by atoms with Crippen LogP contribution in [-0.2, 0) is 5.66 Å². The van der Waals surface area contributed by atoms with Crippen molar-refractivity contribution in [2.24, 2.45) is 4.99 Å². The fraction of sp³-hybridized carbons (Fsp3) is 0.0476. The summed E-state index contributed by atoms with van der Waals surface area (Å²) in [5.74, 6) is 0.649. The summed E-state index contributed by atoms with van der Waals surface area (Å²) in [6.45, 7) is 0. The maximum absolute atomic E-state index is 5.36. The molecule has 0 amide bonds. The molecule has 0 radical (unpaired) electrons. The van der Waals surface area contributed by atoms with Gasteiger partial charge in [0.25, 0.3) is 0 Å². The van der Waals surface area contributed by atoms with Gasteiger partial charge in [0.1, 0.15) is 22.8 Å². The van der Waals surface area contributed by atoms with Crippen LogP contribution in [0.5, 0.6) is 0 Å². The molecule has 15 nitrogen and oxygen atoms in total. The highest BCUT2D eigenvalue weighted by Gasteiger charge is 2.52. The molecule has 1 aliphatic heterocycles. The second-order valence-electron chi connectivity index (χ2n) is 7.75. The van der Waals surface area contributed by atoms with E-state index < -0.39 is 5.66 Å². The molecule has 0 saturated heterocycles. The fourth-order valence-corrected chi connectivity index (χ4v) is 5.27. The Morgan fingerprint density at radius 1 is 0.868 bits per heavy atom. The minimum atomic E-state index is -1.42. The van der Waals surface area contributed by atoms with E-state index in [0.717, 1.165) is 0 Å². The summed E-state index contributed by atoms with van der Waals surface area (Å²) < 4.78 is 8.82. The van der Waals surface area contributed by atoms with E-state index in [2.05, 4.69) is 60.8 Å². The molecule has 6 aromatic rings. The molecule has 1 atom stereocenters. The predicted octanol–water partition coefficient (Wildman–Crippen LogP) is 1.59. The van der Waals surface area contributed by atoms with Gasteiger partial charge in [0.2, 0.25) is 11.5 Å². The summed E-state index contributed by atoms with van der Waals surface area (Å²) in [6.07, 6.45) is 4.85. The first-order valence-electron chi connectivity index (χ1n) is 11.0. The van der Waals surface area contributed by atoms with Crippen LogP contribution in [0.25, 0.3) is 11.3 Å². The Balaban J connectivity index is 1.68. The van der Waals surface area contributed by atoms with Crippen molar-refractivity contribution in [3.05, 3.63) is 94.3 Å². The van der Waals surface area contributed by atoms with Gasteiger partial charge in [-0.05, 0) is 58.6 Å². The molecule has 0 saturated carbocycles. The van der Waals surface area contributed by atoms with Gasteiger partial charge in [0.15, 0.2) is 5.82 Å². The van der Waals surface area contributed by atoms with Crippen LogP contribution in [0.3, 0.4) is 0 Å². The highest BCUT2D eigenvalue weighted by atomic mass is 32.1. The Bertz CT molecular complexity index is 1700. The molecule has 6 aromatic heterocycles. The second-order valence-corrected chi connectivity index (χ2v) is 9.03. The minimum Gasteiger partial charge on any atom is -0.283 e. The highest BCUT2D eigenvalue weighted by molar-refractivity contribution is 7.03. The molecular weight excluding hydrogens is 526 g/mol. The third-order valence-electron chi connectivity index (χ3n) is 5.73. The van der Waals surface area contributed by atoms with Gasteiger partial charge in [-0.3, -0.25) is 9.88 Å². The quantitative estimate of drug-likeness (QED) is 0.311.